The number of nitrogens with one attached hydrogen (secondary N) is 1. The maximum absolute atomic E-state index is 11.9. The van der Waals surface area contributed by atoms with Crippen molar-refractivity contribution in [2.45, 2.75) is 58.2 Å². The number of rotatable bonds is 6. The number of hydrogen-bond donors (Lipinski definition) is 1. The molecule has 30 heavy (non-hydrogen) atoms. The van der Waals surface area contributed by atoms with Crippen molar-refractivity contribution < 1.29 is 14.3 Å². The lowest BCUT2D eigenvalue weighted by Crippen LogP contribution is -2.16. The predicted molar refractivity (Wildman–Crippen MR) is 120 cm³/mol. The van der Waals surface area contributed by atoms with E-state index in [1.165, 1.54) is 39.2 Å². The van der Waals surface area contributed by atoms with Crippen LogP contribution in [0.1, 0.15) is 64.8 Å². The molecule has 1 aliphatic rings. The zero-order chi connectivity index (χ0) is 21.1. The fourth-order valence-electron chi connectivity index (χ4n) is 4.32. The summed E-state index contributed by atoms with van der Waals surface area (Å²) < 4.78 is 11.0. The van der Waals surface area contributed by atoms with E-state index in [1.807, 2.05) is 25.1 Å². The molecular weight excluding hydrogens is 398 g/mol. The van der Waals surface area contributed by atoms with Crippen LogP contribution in [0.15, 0.2) is 36.4 Å². The van der Waals surface area contributed by atoms with Crippen LogP contribution < -0.4 is 0 Å². The summed E-state index contributed by atoms with van der Waals surface area (Å²) in [6.07, 6.45) is 7.28. The second kappa shape index (κ2) is 9.23. The van der Waals surface area contributed by atoms with Crippen LogP contribution in [0, 0.1) is 6.92 Å². The van der Waals surface area contributed by atoms with E-state index >= 15 is 0 Å². The molecule has 3 aromatic rings. The van der Waals surface area contributed by atoms with Crippen molar-refractivity contribution >= 4 is 28.5 Å². The van der Waals surface area contributed by atoms with Crippen molar-refractivity contribution in [2.24, 2.45) is 0 Å². The molecule has 158 valence electrons. The monoisotopic (exact) mass is 425 g/mol. The zero-order valence-electron chi connectivity index (χ0n) is 17.6. The van der Waals surface area contributed by atoms with Crippen molar-refractivity contribution in [3.05, 3.63) is 69.4 Å². The normalized spacial score (nSPS) is 14.9. The maximum Gasteiger partial charge on any atom is 0.337 e. The lowest BCUT2D eigenvalue weighted by molar-refractivity contribution is 0.0169. The van der Waals surface area contributed by atoms with Crippen LogP contribution in [0.2, 0.25) is 5.02 Å². The van der Waals surface area contributed by atoms with E-state index in [2.05, 4.69) is 17.1 Å². The molecule has 0 amide bonds. The van der Waals surface area contributed by atoms with Crippen LogP contribution in [0.4, 0.5) is 0 Å². The zero-order valence-corrected chi connectivity index (χ0v) is 18.3. The van der Waals surface area contributed by atoms with E-state index in [4.69, 9.17) is 21.1 Å². The van der Waals surface area contributed by atoms with Crippen molar-refractivity contribution in [3.63, 3.8) is 0 Å². The molecule has 2 aromatic carbocycles. The van der Waals surface area contributed by atoms with Crippen LogP contribution in [0.5, 0.6) is 0 Å². The number of fused-ring (bicyclic) bond motifs is 1. The van der Waals surface area contributed by atoms with Gasteiger partial charge in [-0.2, -0.15) is 0 Å². The summed E-state index contributed by atoms with van der Waals surface area (Å²) in [4.78, 5) is 15.3. The van der Waals surface area contributed by atoms with Gasteiger partial charge in [0.15, 0.2) is 0 Å². The van der Waals surface area contributed by atoms with Gasteiger partial charge in [-0.15, -0.1) is 0 Å². The number of carbonyl (C=O) groups excluding carboxylic acids is 1. The fraction of sp³-hybridized carbons (Fsp3) is 0.400. The van der Waals surface area contributed by atoms with Crippen molar-refractivity contribution in [1.82, 2.24) is 4.98 Å². The first-order valence-electron chi connectivity index (χ1n) is 10.6. The molecule has 1 saturated carbocycles. The van der Waals surface area contributed by atoms with E-state index in [-0.39, 0.29) is 5.97 Å². The van der Waals surface area contributed by atoms with E-state index in [0.717, 1.165) is 38.3 Å². The van der Waals surface area contributed by atoms with Gasteiger partial charge in [-0.25, -0.2) is 4.79 Å². The molecular formula is C25H28ClNO3. The number of carbonyl (C=O) groups is 1. The largest absolute Gasteiger partial charge is 0.465 e. The summed E-state index contributed by atoms with van der Waals surface area (Å²) in [7, 11) is 1.40. The van der Waals surface area contributed by atoms with Gasteiger partial charge in [0.05, 0.1) is 25.4 Å². The summed E-state index contributed by atoms with van der Waals surface area (Å²) in [5, 5.41) is 1.77. The molecule has 1 aromatic heterocycles. The second-order valence-electron chi connectivity index (χ2n) is 8.15. The fourth-order valence-corrected chi connectivity index (χ4v) is 4.59. The number of halogens is 1. The number of aryl methyl sites for hydroxylation is 1. The summed E-state index contributed by atoms with van der Waals surface area (Å²) >= 11 is 6.64. The Kier molecular flexibility index (Phi) is 6.45. The Bertz CT molecular complexity index is 1050. The van der Waals surface area contributed by atoms with Gasteiger partial charge in [0, 0.05) is 28.0 Å². The SMILES string of the molecule is COC(=O)c1ccc2[nH]c(C)c(Cc3ccc(COC4CCCCC4)cc3Cl)c2c1. The van der Waals surface area contributed by atoms with Crippen LogP contribution in [0.25, 0.3) is 10.9 Å². The van der Waals surface area contributed by atoms with Crippen LogP contribution in [0.3, 0.4) is 0 Å². The highest BCUT2D eigenvalue weighted by molar-refractivity contribution is 6.31. The highest BCUT2D eigenvalue weighted by Gasteiger charge is 2.16. The molecule has 0 aliphatic heterocycles. The number of aromatic nitrogens is 1. The number of aromatic amines is 1. The Labute approximate surface area is 182 Å². The van der Waals surface area contributed by atoms with Gasteiger partial charge in [-0.05, 0) is 60.7 Å². The molecule has 0 spiro atoms. The van der Waals surface area contributed by atoms with Gasteiger partial charge in [-0.1, -0.05) is 43.0 Å². The van der Waals surface area contributed by atoms with Crippen LogP contribution >= 0.6 is 11.6 Å². The summed E-state index contributed by atoms with van der Waals surface area (Å²) in [6.45, 7) is 2.66. The summed E-state index contributed by atoms with van der Waals surface area (Å²) in [6, 6.07) is 11.8. The minimum Gasteiger partial charge on any atom is -0.465 e. The third-order valence-electron chi connectivity index (χ3n) is 6.06. The number of methoxy groups -OCH3 is 1. The van der Waals surface area contributed by atoms with Crippen molar-refractivity contribution in [2.75, 3.05) is 7.11 Å². The van der Waals surface area contributed by atoms with E-state index < -0.39 is 0 Å². The number of benzene rings is 2. The van der Waals surface area contributed by atoms with Crippen LogP contribution in [-0.2, 0) is 22.5 Å². The van der Waals surface area contributed by atoms with Gasteiger partial charge < -0.3 is 14.5 Å². The van der Waals surface area contributed by atoms with Crippen molar-refractivity contribution in [1.29, 1.82) is 0 Å². The van der Waals surface area contributed by atoms with E-state index in [1.54, 1.807) is 6.07 Å². The van der Waals surface area contributed by atoms with Crippen molar-refractivity contribution in [3.8, 4) is 0 Å². The highest BCUT2D eigenvalue weighted by atomic mass is 35.5. The molecule has 1 heterocycles. The average molecular weight is 426 g/mol. The molecule has 1 aliphatic carbocycles. The predicted octanol–water partition coefficient (Wildman–Crippen LogP) is 6.36. The van der Waals surface area contributed by atoms with Gasteiger partial charge in [0.2, 0.25) is 0 Å². The van der Waals surface area contributed by atoms with E-state index in [9.17, 15) is 4.79 Å². The van der Waals surface area contributed by atoms with Gasteiger partial charge in [0.25, 0.3) is 0 Å². The molecule has 5 heteroatoms. The molecule has 0 atom stereocenters. The Morgan fingerprint density at radius 1 is 1.13 bits per heavy atom. The molecule has 4 nitrogen and oxygen atoms in total. The smallest absolute Gasteiger partial charge is 0.337 e. The Hall–Kier alpha value is -2.30. The van der Waals surface area contributed by atoms with Gasteiger partial charge >= 0.3 is 5.97 Å². The summed E-state index contributed by atoms with van der Waals surface area (Å²) in [5.74, 6) is -0.331. The highest BCUT2D eigenvalue weighted by Crippen LogP contribution is 2.29. The molecule has 0 bridgehead atoms. The number of ether oxygens (including phenoxy) is 2. The minimum atomic E-state index is -0.331. The lowest BCUT2D eigenvalue weighted by atomic mass is 9.97. The number of esters is 1. The third kappa shape index (κ3) is 4.55. The maximum atomic E-state index is 11.9. The first kappa shape index (κ1) is 21.0. The molecule has 0 radical (unpaired) electrons. The quantitative estimate of drug-likeness (QED) is 0.467. The Morgan fingerprint density at radius 3 is 2.67 bits per heavy atom. The number of H-pyrrole nitrogens is 1. The lowest BCUT2D eigenvalue weighted by Gasteiger charge is -2.22. The van der Waals surface area contributed by atoms with E-state index in [0.29, 0.717) is 24.7 Å². The average Bonchev–Trinajstić information content (AvgIpc) is 3.08. The van der Waals surface area contributed by atoms with Gasteiger partial charge in [0.1, 0.15) is 0 Å². The van der Waals surface area contributed by atoms with Crippen LogP contribution in [-0.4, -0.2) is 24.2 Å². The first-order chi connectivity index (χ1) is 14.5. The molecule has 1 N–H and O–H groups in total. The Morgan fingerprint density at radius 2 is 1.93 bits per heavy atom. The minimum absolute atomic E-state index is 0.331. The molecule has 0 saturated heterocycles. The summed E-state index contributed by atoms with van der Waals surface area (Å²) in [5.41, 5.74) is 5.94. The standard InChI is InChI=1S/C25H28ClNO3/c1-16-21(22-14-19(25(28)29-2)10-11-24(22)27-16)13-18-9-8-17(12-23(18)26)15-30-20-6-4-3-5-7-20/h8-12,14,20,27H,3-7,13,15H2,1-2H3. The Balaban J connectivity index is 1.52. The molecule has 4 rings (SSSR count). The topological polar surface area (TPSA) is 51.3 Å². The molecule has 1 fully saturated rings. The number of hydrogen-bond acceptors (Lipinski definition) is 3. The van der Waals surface area contributed by atoms with Gasteiger partial charge in [-0.3, -0.25) is 0 Å². The molecule has 0 unspecified atom stereocenters. The second-order valence-corrected chi connectivity index (χ2v) is 8.56. The first-order valence-corrected chi connectivity index (χ1v) is 11.0. The third-order valence-corrected chi connectivity index (χ3v) is 6.42.